The summed E-state index contributed by atoms with van der Waals surface area (Å²) in [5, 5.41) is 10.7. The molecule has 2 aromatic heterocycles. The van der Waals surface area contributed by atoms with E-state index in [1.54, 1.807) is 9.80 Å². The van der Waals surface area contributed by atoms with Gasteiger partial charge in [-0.25, -0.2) is 9.97 Å². The fraction of sp³-hybridized carbons (Fsp3) is 0.458. The third-order valence-electron chi connectivity index (χ3n) is 6.84. The molecule has 5 rings (SSSR count). The number of aromatic nitrogens is 4. The number of alkyl halides is 3. The van der Waals surface area contributed by atoms with Crippen molar-refractivity contribution in [3.63, 3.8) is 0 Å². The quantitative estimate of drug-likeness (QED) is 0.500. The van der Waals surface area contributed by atoms with Crippen molar-refractivity contribution < 1.29 is 18.0 Å². The summed E-state index contributed by atoms with van der Waals surface area (Å²) in [6.07, 6.45) is 0.236. The molecule has 0 N–H and O–H groups in total. The zero-order valence-electron chi connectivity index (χ0n) is 19.5. The second kappa shape index (κ2) is 10.0. The molecule has 2 aliphatic rings. The standard InChI is InChI=1S/C24H25ClF3N7O/c25-21-18-5-1-2-6-19(18)22(32-31-21)35-9-3-4-17(35)7-8-20(36)33-10-12-34(13-11-33)23-29-14-16(15-30-23)24(26,27)28/h1-2,5-6,14-15,17H,3-4,7-13H2/t17-/m0/s1. The van der Waals surface area contributed by atoms with Crippen LogP contribution >= 0.6 is 11.6 Å². The normalized spacial score (nSPS) is 18.8. The molecule has 190 valence electrons. The summed E-state index contributed by atoms with van der Waals surface area (Å²) in [5.74, 6) is 1.12. The van der Waals surface area contributed by atoms with Crippen LogP contribution in [0, 0.1) is 0 Å². The third kappa shape index (κ3) is 5.02. The average Bonchev–Trinajstić information content (AvgIpc) is 3.36. The number of carbonyl (C=O) groups excluding carboxylic acids is 1. The lowest BCUT2D eigenvalue weighted by atomic mass is 10.1. The van der Waals surface area contributed by atoms with Gasteiger partial charge in [0.15, 0.2) is 11.0 Å². The first-order valence-electron chi connectivity index (χ1n) is 11.9. The molecule has 0 radical (unpaired) electrons. The van der Waals surface area contributed by atoms with Crippen LogP contribution in [0.3, 0.4) is 0 Å². The van der Waals surface area contributed by atoms with Crippen molar-refractivity contribution in [1.29, 1.82) is 0 Å². The predicted molar refractivity (Wildman–Crippen MR) is 130 cm³/mol. The molecule has 2 saturated heterocycles. The fourth-order valence-electron chi connectivity index (χ4n) is 4.92. The van der Waals surface area contributed by atoms with Crippen LogP contribution in [0.5, 0.6) is 0 Å². The van der Waals surface area contributed by atoms with Gasteiger partial charge in [-0.15, -0.1) is 10.2 Å². The maximum atomic E-state index is 12.9. The van der Waals surface area contributed by atoms with Crippen LogP contribution in [0.4, 0.5) is 24.9 Å². The largest absolute Gasteiger partial charge is 0.419 e. The fourth-order valence-corrected chi connectivity index (χ4v) is 5.12. The van der Waals surface area contributed by atoms with E-state index in [0.29, 0.717) is 44.2 Å². The van der Waals surface area contributed by atoms with Crippen molar-refractivity contribution in [1.82, 2.24) is 25.1 Å². The molecule has 0 aliphatic carbocycles. The second-order valence-electron chi connectivity index (χ2n) is 9.03. The van der Waals surface area contributed by atoms with E-state index < -0.39 is 11.7 Å². The van der Waals surface area contributed by atoms with Gasteiger partial charge in [0, 0.05) is 68.4 Å². The number of amides is 1. The average molecular weight is 520 g/mol. The maximum absolute atomic E-state index is 12.9. The number of nitrogens with zero attached hydrogens (tertiary/aromatic N) is 7. The highest BCUT2D eigenvalue weighted by atomic mass is 35.5. The Morgan fingerprint density at radius 2 is 1.69 bits per heavy atom. The summed E-state index contributed by atoms with van der Waals surface area (Å²) in [6, 6.07) is 7.98. The van der Waals surface area contributed by atoms with Gasteiger partial charge in [-0.3, -0.25) is 4.79 Å². The highest BCUT2D eigenvalue weighted by Crippen LogP contribution is 2.34. The summed E-state index contributed by atoms with van der Waals surface area (Å²) in [4.78, 5) is 26.5. The van der Waals surface area contributed by atoms with Gasteiger partial charge >= 0.3 is 6.18 Å². The minimum absolute atomic E-state index is 0.0712. The van der Waals surface area contributed by atoms with E-state index in [-0.39, 0.29) is 17.9 Å². The Balaban J connectivity index is 1.16. The first kappa shape index (κ1) is 24.5. The molecule has 2 fully saturated rings. The number of hydrogen-bond acceptors (Lipinski definition) is 7. The zero-order valence-corrected chi connectivity index (χ0v) is 20.2. The molecule has 4 heterocycles. The topological polar surface area (TPSA) is 78.4 Å². The molecule has 3 aromatic rings. The lowest BCUT2D eigenvalue weighted by Crippen LogP contribution is -2.49. The van der Waals surface area contributed by atoms with Crippen molar-refractivity contribution >= 4 is 40.0 Å². The van der Waals surface area contributed by atoms with Crippen LogP contribution in [0.15, 0.2) is 36.7 Å². The molecule has 1 atom stereocenters. The summed E-state index contributed by atoms with van der Waals surface area (Å²) in [6.45, 7) is 2.75. The predicted octanol–water partition coefficient (Wildman–Crippen LogP) is 4.19. The maximum Gasteiger partial charge on any atom is 0.419 e. The lowest BCUT2D eigenvalue weighted by Gasteiger charge is -2.35. The van der Waals surface area contributed by atoms with E-state index in [1.165, 1.54) is 0 Å². The lowest BCUT2D eigenvalue weighted by molar-refractivity contribution is -0.138. The molecule has 2 aliphatic heterocycles. The SMILES string of the molecule is O=C(CC[C@@H]1CCCN1c1nnc(Cl)c2ccccc12)N1CCN(c2ncc(C(F)(F)F)cn2)CC1. The third-order valence-corrected chi connectivity index (χ3v) is 7.12. The summed E-state index contributed by atoms with van der Waals surface area (Å²) in [5.41, 5.74) is -0.876. The van der Waals surface area contributed by atoms with Gasteiger partial charge in [-0.05, 0) is 19.3 Å². The molecule has 0 unspecified atom stereocenters. The minimum atomic E-state index is -4.47. The highest BCUT2D eigenvalue weighted by molar-refractivity contribution is 6.34. The van der Waals surface area contributed by atoms with Crippen LogP contribution in [0.2, 0.25) is 5.15 Å². The van der Waals surface area contributed by atoms with Crippen LogP contribution in [-0.4, -0.2) is 69.7 Å². The first-order valence-corrected chi connectivity index (χ1v) is 12.3. The van der Waals surface area contributed by atoms with Crippen LogP contribution in [0.1, 0.15) is 31.2 Å². The molecule has 36 heavy (non-hydrogen) atoms. The van der Waals surface area contributed by atoms with Crippen molar-refractivity contribution in [2.24, 2.45) is 0 Å². The van der Waals surface area contributed by atoms with E-state index >= 15 is 0 Å². The number of anilines is 2. The van der Waals surface area contributed by atoms with Crippen molar-refractivity contribution in [2.45, 2.75) is 37.9 Å². The van der Waals surface area contributed by atoms with Gasteiger partial charge in [-0.1, -0.05) is 35.9 Å². The molecule has 1 aromatic carbocycles. The Hall–Kier alpha value is -3.21. The number of piperazine rings is 1. The molecular weight excluding hydrogens is 495 g/mol. The van der Waals surface area contributed by atoms with Gasteiger partial charge in [0.05, 0.1) is 5.56 Å². The van der Waals surface area contributed by atoms with Crippen LogP contribution in [-0.2, 0) is 11.0 Å². The monoisotopic (exact) mass is 519 g/mol. The van der Waals surface area contributed by atoms with Gasteiger partial charge in [0.1, 0.15) is 0 Å². The number of hydrogen-bond donors (Lipinski definition) is 0. The minimum Gasteiger partial charge on any atom is -0.352 e. The number of carbonyl (C=O) groups is 1. The summed E-state index contributed by atoms with van der Waals surface area (Å²) < 4.78 is 38.2. The zero-order chi connectivity index (χ0) is 25.3. The molecule has 1 amide bonds. The van der Waals surface area contributed by atoms with Crippen LogP contribution in [0.25, 0.3) is 10.8 Å². The Morgan fingerprint density at radius 1 is 1.00 bits per heavy atom. The van der Waals surface area contributed by atoms with E-state index in [2.05, 4.69) is 25.1 Å². The van der Waals surface area contributed by atoms with Gasteiger partial charge < -0.3 is 14.7 Å². The molecule has 0 bridgehead atoms. The van der Waals surface area contributed by atoms with E-state index in [4.69, 9.17) is 11.6 Å². The molecule has 0 saturated carbocycles. The van der Waals surface area contributed by atoms with E-state index in [0.717, 1.165) is 48.4 Å². The summed E-state index contributed by atoms with van der Waals surface area (Å²) in [7, 11) is 0. The first-order chi connectivity index (χ1) is 17.3. The van der Waals surface area contributed by atoms with Gasteiger partial charge in [-0.2, -0.15) is 13.2 Å². The van der Waals surface area contributed by atoms with Crippen LogP contribution < -0.4 is 9.80 Å². The van der Waals surface area contributed by atoms with E-state index in [9.17, 15) is 18.0 Å². The number of benzene rings is 1. The van der Waals surface area contributed by atoms with Gasteiger partial charge in [0.25, 0.3) is 0 Å². The van der Waals surface area contributed by atoms with Crippen molar-refractivity contribution in [3.8, 4) is 0 Å². The van der Waals surface area contributed by atoms with E-state index in [1.807, 2.05) is 24.3 Å². The smallest absolute Gasteiger partial charge is 0.352 e. The number of rotatable bonds is 5. The second-order valence-corrected chi connectivity index (χ2v) is 9.38. The Labute approximate surface area is 211 Å². The Bertz CT molecular complexity index is 1230. The Kier molecular flexibility index (Phi) is 6.83. The Morgan fingerprint density at radius 3 is 2.39 bits per heavy atom. The highest BCUT2D eigenvalue weighted by Gasteiger charge is 2.32. The van der Waals surface area contributed by atoms with Crippen molar-refractivity contribution in [2.75, 3.05) is 42.5 Å². The molecule has 12 heteroatoms. The molecule has 8 nitrogen and oxygen atoms in total. The number of fused-ring (bicyclic) bond motifs is 1. The van der Waals surface area contributed by atoms with Crippen molar-refractivity contribution in [3.05, 3.63) is 47.4 Å². The van der Waals surface area contributed by atoms with Gasteiger partial charge in [0.2, 0.25) is 11.9 Å². The summed E-state index contributed by atoms with van der Waals surface area (Å²) >= 11 is 6.24. The molecule has 0 spiro atoms. The molecular formula is C24H25ClF3N7O. The number of halogens is 4.